The molecule has 1 N–H and O–H groups in total. The van der Waals surface area contributed by atoms with E-state index in [-0.39, 0.29) is 17.5 Å². The fourth-order valence-electron chi connectivity index (χ4n) is 1.81. The lowest BCUT2D eigenvalue weighted by Crippen LogP contribution is -2.30. The minimum atomic E-state index is -0.938. The molecule has 0 aliphatic carbocycles. The summed E-state index contributed by atoms with van der Waals surface area (Å²) < 4.78 is 0. The molecule has 1 aromatic carbocycles. The van der Waals surface area contributed by atoms with E-state index in [0.29, 0.717) is 22.8 Å². The van der Waals surface area contributed by atoms with Crippen LogP contribution in [-0.4, -0.2) is 44.4 Å². The lowest BCUT2D eigenvalue weighted by atomic mass is 10.1. The maximum absolute atomic E-state index is 12.0. The molecule has 0 saturated carbocycles. The number of thiocarbonyl (C=S) groups is 1. The molecule has 0 aromatic heterocycles. The highest BCUT2D eigenvalue weighted by Crippen LogP contribution is 2.25. The van der Waals surface area contributed by atoms with Crippen molar-refractivity contribution in [1.82, 2.24) is 4.90 Å². The second-order valence-corrected chi connectivity index (χ2v) is 5.91. The molecule has 0 radical (unpaired) electrons. The predicted molar refractivity (Wildman–Crippen MR) is 79.0 cm³/mol. The highest BCUT2D eigenvalue weighted by molar-refractivity contribution is 8.02. The van der Waals surface area contributed by atoms with E-state index >= 15 is 0 Å². The van der Waals surface area contributed by atoms with Gasteiger partial charge in [-0.25, -0.2) is 4.79 Å². The van der Waals surface area contributed by atoms with Crippen LogP contribution in [0.5, 0.6) is 0 Å². The summed E-state index contributed by atoms with van der Waals surface area (Å²) in [5, 5.41) is 8.82. The van der Waals surface area contributed by atoms with Gasteiger partial charge in [-0.05, 0) is 0 Å². The van der Waals surface area contributed by atoms with E-state index < -0.39 is 6.09 Å². The van der Waals surface area contributed by atoms with E-state index in [4.69, 9.17) is 17.3 Å². The van der Waals surface area contributed by atoms with Crippen LogP contribution in [0.15, 0.2) is 30.3 Å². The zero-order valence-corrected chi connectivity index (χ0v) is 11.7. The monoisotopic (exact) mass is 295 g/mol. The van der Waals surface area contributed by atoms with Crippen LogP contribution in [0.25, 0.3) is 0 Å². The second-order valence-electron chi connectivity index (χ2n) is 4.22. The molecule has 1 aliphatic rings. The van der Waals surface area contributed by atoms with E-state index in [1.807, 2.05) is 18.2 Å². The maximum Gasteiger partial charge on any atom is 0.408 e. The van der Waals surface area contributed by atoms with Crippen LogP contribution in [0, 0.1) is 0 Å². The van der Waals surface area contributed by atoms with Crippen molar-refractivity contribution in [2.45, 2.75) is 11.7 Å². The van der Waals surface area contributed by atoms with Gasteiger partial charge in [0.15, 0.2) is 5.78 Å². The number of Topliss-reactive ketones (excluding diaryl/α,β-unsaturated/α-hetero) is 1. The number of amides is 1. The number of ketones is 1. The second kappa shape index (κ2) is 6.16. The predicted octanol–water partition coefficient (Wildman–Crippen LogP) is 2.68. The van der Waals surface area contributed by atoms with Crippen LogP contribution < -0.4 is 0 Å². The summed E-state index contributed by atoms with van der Waals surface area (Å²) in [4.78, 5) is 24.8. The van der Waals surface area contributed by atoms with E-state index in [9.17, 15) is 9.59 Å². The Balaban J connectivity index is 1.92. The van der Waals surface area contributed by atoms with E-state index in [0.717, 1.165) is 0 Å². The van der Waals surface area contributed by atoms with Crippen molar-refractivity contribution in [3.63, 3.8) is 0 Å². The molecule has 0 bridgehead atoms. The normalized spacial score (nSPS) is 18.3. The first-order chi connectivity index (χ1) is 9.08. The van der Waals surface area contributed by atoms with Gasteiger partial charge in [0, 0.05) is 23.4 Å². The topological polar surface area (TPSA) is 57.6 Å². The summed E-state index contributed by atoms with van der Waals surface area (Å²) in [6.45, 7) is 0.376. The molecule has 19 heavy (non-hydrogen) atoms. The van der Waals surface area contributed by atoms with Gasteiger partial charge in [0.25, 0.3) is 0 Å². The zero-order valence-electron chi connectivity index (χ0n) is 10.1. The van der Waals surface area contributed by atoms with Crippen molar-refractivity contribution in [2.75, 3.05) is 12.4 Å². The number of hydrogen-bond acceptors (Lipinski definition) is 4. The summed E-state index contributed by atoms with van der Waals surface area (Å²) >= 11 is 6.74. The van der Waals surface area contributed by atoms with Gasteiger partial charge in [0.05, 0.1) is 11.1 Å². The molecule has 0 spiro atoms. The molecule has 4 nitrogen and oxygen atoms in total. The molecule has 6 heteroatoms. The SMILES string of the molecule is O=C(CC(=S)C1CN(C(=O)O)CS1)c1ccccc1. The summed E-state index contributed by atoms with van der Waals surface area (Å²) in [6.07, 6.45) is -0.739. The minimum Gasteiger partial charge on any atom is -0.465 e. The highest BCUT2D eigenvalue weighted by atomic mass is 32.2. The Morgan fingerprint density at radius 1 is 1.37 bits per heavy atom. The van der Waals surface area contributed by atoms with Crippen molar-refractivity contribution in [3.05, 3.63) is 35.9 Å². The van der Waals surface area contributed by atoms with Gasteiger partial charge in [-0.3, -0.25) is 9.69 Å². The minimum absolute atomic E-state index is 0.0139. The molecular weight excluding hydrogens is 282 g/mol. The van der Waals surface area contributed by atoms with Crippen LogP contribution in [0.3, 0.4) is 0 Å². The molecule has 100 valence electrons. The number of carboxylic acid groups (broad SMARTS) is 1. The van der Waals surface area contributed by atoms with Gasteiger partial charge in [-0.1, -0.05) is 42.5 Å². The number of thioether (sulfide) groups is 1. The standard InChI is InChI=1S/C13H13NO3S2/c15-10(9-4-2-1-3-5-9)6-11(18)12-7-14(8-19-12)13(16)17/h1-5,12H,6-8H2,(H,16,17). The van der Waals surface area contributed by atoms with Crippen molar-refractivity contribution in [3.8, 4) is 0 Å². The third-order valence-electron chi connectivity index (χ3n) is 2.88. The van der Waals surface area contributed by atoms with Gasteiger partial charge in [-0.2, -0.15) is 0 Å². The highest BCUT2D eigenvalue weighted by Gasteiger charge is 2.30. The Labute approximate surface area is 120 Å². The Bertz CT molecular complexity index is 504. The third-order valence-corrected chi connectivity index (χ3v) is 4.75. The molecule has 2 rings (SSSR count). The van der Waals surface area contributed by atoms with Crippen molar-refractivity contribution in [2.24, 2.45) is 0 Å². The first-order valence-corrected chi connectivity index (χ1v) is 7.24. The fourth-order valence-corrected chi connectivity index (χ4v) is 3.35. The molecule has 1 unspecified atom stereocenters. The Morgan fingerprint density at radius 3 is 2.63 bits per heavy atom. The average molecular weight is 295 g/mol. The number of nitrogens with zero attached hydrogens (tertiary/aromatic N) is 1. The van der Waals surface area contributed by atoms with Crippen molar-refractivity contribution >= 4 is 40.7 Å². The van der Waals surface area contributed by atoms with Gasteiger partial charge in [-0.15, -0.1) is 11.8 Å². The molecule has 1 saturated heterocycles. The lowest BCUT2D eigenvalue weighted by molar-refractivity contribution is 0.100. The first kappa shape index (κ1) is 14.0. The quantitative estimate of drug-likeness (QED) is 0.683. The Morgan fingerprint density at radius 2 is 2.05 bits per heavy atom. The van der Waals surface area contributed by atoms with Crippen LogP contribution >= 0.6 is 24.0 Å². The molecule has 1 aromatic rings. The largest absolute Gasteiger partial charge is 0.465 e. The van der Waals surface area contributed by atoms with Crippen molar-refractivity contribution < 1.29 is 14.7 Å². The van der Waals surface area contributed by atoms with Crippen LogP contribution in [0.1, 0.15) is 16.8 Å². The molecular formula is C13H13NO3S2. The summed E-state index contributed by atoms with van der Waals surface area (Å²) in [5.74, 6) is 0.402. The molecule has 1 fully saturated rings. The molecule has 1 amide bonds. The number of rotatable bonds is 4. The van der Waals surface area contributed by atoms with Gasteiger partial charge >= 0.3 is 6.09 Å². The van der Waals surface area contributed by atoms with Crippen LogP contribution in [0.2, 0.25) is 0 Å². The number of carbonyl (C=O) groups is 2. The van der Waals surface area contributed by atoms with Crippen LogP contribution in [-0.2, 0) is 0 Å². The summed E-state index contributed by atoms with van der Waals surface area (Å²) in [6, 6.07) is 9.00. The first-order valence-electron chi connectivity index (χ1n) is 5.78. The maximum atomic E-state index is 12.0. The fraction of sp³-hybridized carbons (Fsp3) is 0.308. The van der Waals surface area contributed by atoms with Gasteiger partial charge in [0.1, 0.15) is 0 Å². The lowest BCUT2D eigenvalue weighted by Gasteiger charge is -2.11. The number of benzene rings is 1. The van der Waals surface area contributed by atoms with E-state index in [1.165, 1.54) is 16.7 Å². The molecule has 1 aliphatic heterocycles. The van der Waals surface area contributed by atoms with Crippen molar-refractivity contribution in [1.29, 1.82) is 0 Å². The molecule has 1 heterocycles. The summed E-state index contributed by atoms with van der Waals surface area (Å²) in [7, 11) is 0. The summed E-state index contributed by atoms with van der Waals surface area (Å²) in [5.41, 5.74) is 0.642. The van der Waals surface area contributed by atoms with Gasteiger partial charge in [0.2, 0.25) is 0 Å². The van der Waals surface area contributed by atoms with E-state index in [2.05, 4.69) is 0 Å². The van der Waals surface area contributed by atoms with Gasteiger partial charge < -0.3 is 5.11 Å². The zero-order chi connectivity index (χ0) is 13.8. The van der Waals surface area contributed by atoms with E-state index in [1.54, 1.807) is 12.1 Å². The average Bonchev–Trinajstić information content (AvgIpc) is 2.89. The number of hydrogen-bond donors (Lipinski definition) is 1. The number of carbonyl (C=O) groups excluding carboxylic acids is 1. The Kier molecular flexibility index (Phi) is 4.55. The van der Waals surface area contributed by atoms with Crippen LogP contribution in [0.4, 0.5) is 4.79 Å². The molecule has 1 atom stereocenters. The smallest absolute Gasteiger partial charge is 0.408 e. The Hall–Kier alpha value is -1.40. The third kappa shape index (κ3) is 3.54.